The molecule has 0 radical (unpaired) electrons. The zero-order valence-corrected chi connectivity index (χ0v) is 15.2. The molecule has 1 nitrogen and oxygen atoms in total. The summed E-state index contributed by atoms with van der Waals surface area (Å²) in [4.78, 5) is 0. The Balaban J connectivity index is 1.88. The van der Waals surface area contributed by atoms with Crippen molar-refractivity contribution in [1.29, 1.82) is 0 Å². The lowest BCUT2D eigenvalue weighted by Gasteiger charge is -2.42. The van der Waals surface area contributed by atoms with E-state index < -0.39 is 0 Å². The first-order valence-electron chi connectivity index (χ1n) is 9.71. The van der Waals surface area contributed by atoms with Crippen LogP contribution in [0.5, 0.6) is 0 Å². The quantitative estimate of drug-likeness (QED) is 0.691. The zero-order valence-electron chi connectivity index (χ0n) is 15.2. The Morgan fingerprint density at radius 2 is 1.71 bits per heavy atom. The third-order valence-corrected chi connectivity index (χ3v) is 6.06. The molecule has 0 spiro atoms. The molecule has 0 saturated heterocycles. The Hall–Kier alpha value is -0.0400. The van der Waals surface area contributed by atoms with Gasteiger partial charge in [0.2, 0.25) is 0 Å². The Morgan fingerprint density at radius 1 is 0.952 bits per heavy atom. The number of hydrogen-bond donors (Lipinski definition) is 1. The minimum Gasteiger partial charge on any atom is -0.311 e. The molecule has 2 aliphatic rings. The fourth-order valence-electron chi connectivity index (χ4n) is 5.02. The summed E-state index contributed by atoms with van der Waals surface area (Å²) < 4.78 is 0. The number of rotatable bonds is 5. The molecule has 124 valence electrons. The smallest absolute Gasteiger partial charge is 0.0103 e. The molecule has 5 atom stereocenters. The average Bonchev–Trinajstić information content (AvgIpc) is 2.38. The third-order valence-electron chi connectivity index (χ3n) is 6.06. The van der Waals surface area contributed by atoms with Gasteiger partial charge in [0.05, 0.1) is 0 Å². The van der Waals surface area contributed by atoms with Crippen LogP contribution >= 0.6 is 0 Å². The van der Waals surface area contributed by atoms with Crippen molar-refractivity contribution in [2.75, 3.05) is 0 Å². The van der Waals surface area contributed by atoms with Gasteiger partial charge in [-0.25, -0.2) is 0 Å². The van der Waals surface area contributed by atoms with Crippen molar-refractivity contribution in [3.63, 3.8) is 0 Å². The van der Waals surface area contributed by atoms with E-state index in [4.69, 9.17) is 0 Å². The van der Waals surface area contributed by atoms with Gasteiger partial charge in [0.15, 0.2) is 0 Å². The lowest BCUT2D eigenvalue weighted by atomic mass is 9.73. The van der Waals surface area contributed by atoms with Crippen molar-refractivity contribution in [1.82, 2.24) is 5.32 Å². The minimum atomic E-state index is 0.788. The van der Waals surface area contributed by atoms with Gasteiger partial charge in [0, 0.05) is 12.1 Å². The first kappa shape index (κ1) is 17.3. The van der Waals surface area contributed by atoms with E-state index in [0.29, 0.717) is 0 Å². The van der Waals surface area contributed by atoms with Crippen LogP contribution in [0.3, 0.4) is 0 Å². The maximum absolute atomic E-state index is 4.12. The monoisotopic (exact) mass is 293 g/mol. The molecule has 0 bridgehead atoms. The molecular formula is C20H39N. The molecule has 2 aliphatic carbocycles. The normalized spacial score (nSPS) is 38.1. The highest BCUT2D eigenvalue weighted by atomic mass is 15.0. The maximum Gasteiger partial charge on any atom is 0.0103 e. The Bertz CT molecular complexity index is 296. The fourth-order valence-corrected chi connectivity index (χ4v) is 5.02. The van der Waals surface area contributed by atoms with Crippen LogP contribution in [0.4, 0.5) is 0 Å². The molecule has 0 aliphatic heterocycles. The average molecular weight is 294 g/mol. The largest absolute Gasteiger partial charge is 0.311 e. The molecule has 5 unspecified atom stereocenters. The molecule has 0 heterocycles. The second kappa shape index (κ2) is 7.99. The summed E-state index contributed by atoms with van der Waals surface area (Å²) >= 11 is 0. The molecule has 0 amide bonds. The van der Waals surface area contributed by atoms with Crippen molar-refractivity contribution in [3.05, 3.63) is 0 Å². The van der Waals surface area contributed by atoms with Crippen LogP contribution in [0.1, 0.15) is 86.0 Å². The summed E-state index contributed by atoms with van der Waals surface area (Å²) in [5.41, 5.74) is 0. The van der Waals surface area contributed by atoms with Crippen molar-refractivity contribution in [2.24, 2.45) is 29.6 Å². The SMILES string of the molecule is CC(C)CC1CCCC(NC2CC(C)CCC2C(C)C)C1. The summed E-state index contributed by atoms with van der Waals surface area (Å²) in [6.45, 7) is 12.1. The molecule has 2 fully saturated rings. The van der Waals surface area contributed by atoms with E-state index >= 15 is 0 Å². The van der Waals surface area contributed by atoms with Crippen molar-refractivity contribution >= 4 is 0 Å². The number of hydrogen-bond acceptors (Lipinski definition) is 1. The van der Waals surface area contributed by atoms with Gasteiger partial charge in [-0.3, -0.25) is 0 Å². The molecule has 1 N–H and O–H groups in total. The molecule has 2 rings (SSSR count). The molecular weight excluding hydrogens is 254 g/mol. The maximum atomic E-state index is 4.12. The highest BCUT2D eigenvalue weighted by Gasteiger charge is 2.33. The van der Waals surface area contributed by atoms with Crippen molar-refractivity contribution in [2.45, 2.75) is 98.1 Å². The summed E-state index contributed by atoms with van der Waals surface area (Å²) in [5.74, 6) is 4.52. The molecule has 0 aromatic heterocycles. The van der Waals surface area contributed by atoms with Gasteiger partial charge in [0.1, 0.15) is 0 Å². The second-order valence-electron chi connectivity index (χ2n) is 8.96. The Kier molecular flexibility index (Phi) is 6.59. The highest BCUT2D eigenvalue weighted by Crippen LogP contribution is 2.36. The van der Waals surface area contributed by atoms with E-state index in [0.717, 1.165) is 41.7 Å². The van der Waals surface area contributed by atoms with E-state index in [1.54, 1.807) is 0 Å². The van der Waals surface area contributed by atoms with Crippen LogP contribution in [0.15, 0.2) is 0 Å². The third kappa shape index (κ3) is 5.27. The molecule has 0 aromatic carbocycles. The fraction of sp³-hybridized carbons (Fsp3) is 1.00. The van der Waals surface area contributed by atoms with E-state index in [9.17, 15) is 0 Å². The predicted octanol–water partition coefficient (Wildman–Crippen LogP) is 5.64. The topological polar surface area (TPSA) is 12.0 Å². The second-order valence-corrected chi connectivity index (χ2v) is 8.96. The van der Waals surface area contributed by atoms with Gasteiger partial charge in [0.25, 0.3) is 0 Å². The number of nitrogens with one attached hydrogen (secondary N) is 1. The standard InChI is InChI=1S/C20H39N/c1-14(2)11-17-7-6-8-18(13-17)21-20-12-16(5)9-10-19(20)15(3)4/h14-21H,6-13H2,1-5H3. The Morgan fingerprint density at radius 3 is 2.38 bits per heavy atom. The summed E-state index contributed by atoms with van der Waals surface area (Å²) in [6, 6.07) is 1.59. The summed E-state index contributed by atoms with van der Waals surface area (Å²) in [5, 5.41) is 4.12. The zero-order chi connectivity index (χ0) is 15.4. The van der Waals surface area contributed by atoms with Gasteiger partial charge in [-0.15, -0.1) is 0 Å². The van der Waals surface area contributed by atoms with Crippen LogP contribution < -0.4 is 5.32 Å². The van der Waals surface area contributed by atoms with E-state index in [2.05, 4.69) is 39.9 Å². The summed E-state index contributed by atoms with van der Waals surface area (Å²) in [6.07, 6.45) is 11.5. The molecule has 1 heteroatoms. The first-order valence-corrected chi connectivity index (χ1v) is 9.71. The Labute approximate surface area is 133 Å². The molecule has 0 aromatic rings. The van der Waals surface area contributed by atoms with Crippen LogP contribution in [0.25, 0.3) is 0 Å². The van der Waals surface area contributed by atoms with E-state index in [-0.39, 0.29) is 0 Å². The van der Waals surface area contributed by atoms with Crippen LogP contribution in [0.2, 0.25) is 0 Å². The highest BCUT2D eigenvalue weighted by molar-refractivity contribution is 4.89. The predicted molar refractivity (Wildman–Crippen MR) is 93.5 cm³/mol. The van der Waals surface area contributed by atoms with Crippen molar-refractivity contribution in [3.8, 4) is 0 Å². The lowest BCUT2D eigenvalue weighted by molar-refractivity contribution is 0.140. The van der Waals surface area contributed by atoms with Gasteiger partial charge in [-0.1, -0.05) is 53.9 Å². The van der Waals surface area contributed by atoms with E-state index in [1.165, 1.54) is 51.4 Å². The van der Waals surface area contributed by atoms with Crippen molar-refractivity contribution < 1.29 is 0 Å². The van der Waals surface area contributed by atoms with Gasteiger partial charge >= 0.3 is 0 Å². The van der Waals surface area contributed by atoms with Crippen LogP contribution in [-0.2, 0) is 0 Å². The first-order chi connectivity index (χ1) is 9.95. The van der Waals surface area contributed by atoms with Crippen LogP contribution in [0, 0.1) is 29.6 Å². The minimum absolute atomic E-state index is 0.788. The molecule has 21 heavy (non-hydrogen) atoms. The summed E-state index contributed by atoms with van der Waals surface area (Å²) in [7, 11) is 0. The van der Waals surface area contributed by atoms with Gasteiger partial charge < -0.3 is 5.32 Å². The van der Waals surface area contributed by atoms with Gasteiger partial charge in [-0.2, -0.15) is 0 Å². The van der Waals surface area contributed by atoms with Crippen LogP contribution in [-0.4, -0.2) is 12.1 Å². The van der Waals surface area contributed by atoms with E-state index in [1.807, 2.05) is 0 Å². The lowest BCUT2D eigenvalue weighted by Crippen LogP contribution is -2.48. The molecule has 2 saturated carbocycles. The van der Waals surface area contributed by atoms with Gasteiger partial charge in [-0.05, 0) is 61.7 Å².